The zero-order valence-electron chi connectivity index (χ0n) is 13.5. The molecule has 1 atom stereocenters. The average molecular weight is 325 g/mol. The van der Waals surface area contributed by atoms with E-state index in [9.17, 15) is 18.4 Å². The normalized spacial score (nSPS) is 21.9. The van der Waals surface area contributed by atoms with Crippen LogP contribution in [0.2, 0.25) is 0 Å². The van der Waals surface area contributed by atoms with E-state index in [4.69, 9.17) is 4.74 Å². The molecule has 0 aliphatic heterocycles. The summed E-state index contributed by atoms with van der Waals surface area (Å²) >= 11 is 0. The summed E-state index contributed by atoms with van der Waals surface area (Å²) < 4.78 is 33.1. The van der Waals surface area contributed by atoms with Crippen LogP contribution in [0, 0.1) is 11.6 Å². The standard InChI is InChI=1S/C17H21F2NO3/c1-16(2,3)23-15(22)20-17(10-5-4-9-13(17)21)11-7-6-8-12(18)14(11)19/h6-8H,4-5,9-10H2,1-3H3,(H,20,22)/t17-/m1/s1. The molecule has 0 saturated heterocycles. The highest BCUT2D eigenvalue weighted by molar-refractivity contribution is 5.93. The molecule has 1 saturated carbocycles. The van der Waals surface area contributed by atoms with Crippen LogP contribution in [0.4, 0.5) is 13.6 Å². The number of hydrogen-bond donors (Lipinski definition) is 1. The molecule has 1 aromatic carbocycles. The second-order valence-corrected chi connectivity index (χ2v) is 6.76. The zero-order valence-corrected chi connectivity index (χ0v) is 13.5. The summed E-state index contributed by atoms with van der Waals surface area (Å²) in [5.74, 6) is -2.50. The van der Waals surface area contributed by atoms with Crippen molar-refractivity contribution in [3.8, 4) is 0 Å². The molecule has 1 aliphatic rings. The van der Waals surface area contributed by atoms with Gasteiger partial charge in [0.05, 0.1) is 0 Å². The lowest BCUT2D eigenvalue weighted by Crippen LogP contribution is -2.54. The van der Waals surface area contributed by atoms with Crippen LogP contribution in [0.1, 0.15) is 52.0 Å². The minimum Gasteiger partial charge on any atom is -0.444 e. The number of carbonyl (C=O) groups is 2. The number of hydrogen-bond acceptors (Lipinski definition) is 3. The van der Waals surface area contributed by atoms with Gasteiger partial charge in [0, 0.05) is 12.0 Å². The molecule has 1 aromatic rings. The fraction of sp³-hybridized carbons (Fsp3) is 0.529. The molecule has 0 aromatic heterocycles. The maximum Gasteiger partial charge on any atom is 0.408 e. The van der Waals surface area contributed by atoms with Gasteiger partial charge in [-0.25, -0.2) is 13.6 Å². The average Bonchev–Trinajstić information content (AvgIpc) is 2.42. The Kier molecular flexibility index (Phi) is 4.73. The van der Waals surface area contributed by atoms with E-state index in [0.29, 0.717) is 12.8 Å². The third kappa shape index (κ3) is 3.68. The maximum atomic E-state index is 14.3. The Morgan fingerprint density at radius 1 is 1.26 bits per heavy atom. The van der Waals surface area contributed by atoms with E-state index in [1.807, 2.05) is 0 Å². The zero-order chi connectivity index (χ0) is 17.3. The smallest absolute Gasteiger partial charge is 0.408 e. The molecular formula is C17H21F2NO3. The predicted octanol–water partition coefficient (Wildman–Crippen LogP) is 3.83. The molecule has 1 fully saturated rings. The van der Waals surface area contributed by atoms with Gasteiger partial charge in [0.15, 0.2) is 17.4 Å². The summed E-state index contributed by atoms with van der Waals surface area (Å²) in [4.78, 5) is 24.7. The summed E-state index contributed by atoms with van der Waals surface area (Å²) in [6.45, 7) is 5.06. The van der Waals surface area contributed by atoms with Crippen molar-refractivity contribution < 1.29 is 23.1 Å². The van der Waals surface area contributed by atoms with Gasteiger partial charge in [-0.2, -0.15) is 0 Å². The topological polar surface area (TPSA) is 55.4 Å². The van der Waals surface area contributed by atoms with Gasteiger partial charge in [-0.3, -0.25) is 4.79 Å². The Balaban J connectivity index is 2.43. The third-order valence-corrected chi connectivity index (χ3v) is 3.81. The van der Waals surface area contributed by atoms with Gasteiger partial charge in [-0.1, -0.05) is 12.1 Å². The molecule has 0 radical (unpaired) electrons. The second-order valence-electron chi connectivity index (χ2n) is 6.76. The van der Waals surface area contributed by atoms with Crippen LogP contribution in [-0.2, 0) is 15.1 Å². The first kappa shape index (κ1) is 17.4. The van der Waals surface area contributed by atoms with Crippen molar-refractivity contribution in [3.63, 3.8) is 0 Å². The Morgan fingerprint density at radius 3 is 2.57 bits per heavy atom. The number of Topliss-reactive ketones (excluding diaryl/α,β-unsaturated/α-hetero) is 1. The SMILES string of the molecule is CC(C)(C)OC(=O)N[C@@]1(c2cccc(F)c2F)CCCCC1=O. The molecular weight excluding hydrogens is 304 g/mol. The van der Waals surface area contributed by atoms with Crippen LogP contribution in [0.15, 0.2) is 18.2 Å². The molecule has 0 unspecified atom stereocenters. The van der Waals surface area contributed by atoms with Crippen molar-refractivity contribution >= 4 is 11.9 Å². The van der Waals surface area contributed by atoms with Crippen LogP contribution in [-0.4, -0.2) is 17.5 Å². The van der Waals surface area contributed by atoms with Gasteiger partial charge in [0.2, 0.25) is 0 Å². The molecule has 1 amide bonds. The molecule has 23 heavy (non-hydrogen) atoms. The number of halogens is 2. The number of ketones is 1. The number of ether oxygens (including phenoxy) is 1. The molecule has 1 N–H and O–H groups in total. The van der Waals surface area contributed by atoms with Crippen molar-refractivity contribution in [1.29, 1.82) is 0 Å². The van der Waals surface area contributed by atoms with Crippen LogP contribution >= 0.6 is 0 Å². The number of rotatable bonds is 2. The first-order chi connectivity index (χ1) is 10.7. The summed E-state index contributed by atoms with van der Waals surface area (Å²) in [5.41, 5.74) is -2.48. The van der Waals surface area contributed by atoms with E-state index in [0.717, 1.165) is 6.07 Å². The van der Waals surface area contributed by atoms with Gasteiger partial charge in [-0.15, -0.1) is 0 Å². The first-order valence-electron chi connectivity index (χ1n) is 7.65. The van der Waals surface area contributed by atoms with Crippen molar-refractivity contribution in [1.82, 2.24) is 5.32 Å². The molecule has 0 spiro atoms. The minimum absolute atomic E-state index is 0.145. The summed E-state index contributed by atoms with van der Waals surface area (Å²) in [5, 5.41) is 2.51. The van der Waals surface area contributed by atoms with Crippen molar-refractivity contribution in [2.24, 2.45) is 0 Å². The maximum absolute atomic E-state index is 14.3. The highest BCUT2D eigenvalue weighted by atomic mass is 19.2. The molecule has 4 nitrogen and oxygen atoms in total. The van der Waals surface area contributed by atoms with Gasteiger partial charge in [0.1, 0.15) is 11.1 Å². The molecule has 126 valence electrons. The van der Waals surface area contributed by atoms with E-state index in [1.54, 1.807) is 20.8 Å². The van der Waals surface area contributed by atoms with Crippen molar-refractivity contribution in [3.05, 3.63) is 35.4 Å². The monoisotopic (exact) mass is 325 g/mol. The Hall–Kier alpha value is -1.98. The lowest BCUT2D eigenvalue weighted by atomic mass is 9.75. The van der Waals surface area contributed by atoms with E-state index >= 15 is 0 Å². The van der Waals surface area contributed by atoms with Gasteiger partial charge in [-0.05, 0) is 46.1 Å². The molecule has 0 heterocycles. The molecule has 2 rings (SSSR count). The minimum atomic E-state index is -1.58. The van der Waals surface area contributed by atoms with E-state index < -0.39 is 28.9 Å². The van der Waals surface area contributed by atoms with Gasteiger partial charge < -0.3 is 10.1 Å². The Bertz CT molecular complexity index is 625. The number of benzene rings is 1. The number of carbonyl (C=O) groups excluding carboxylic acids is 2. The highest BCUT2D eigenvalue weighted by Gasteiger charge is 2.45. The van der Waals surface area contributed by atoms with Crippen LogP contribution in [0.25, 0.3) is 0 Å². The highest BCUT2D eigenvalue weighted by Crippen LogP contribution is 2.36. The van der Waals surface area contributed by atoms with E-state index in [2.05, 4.69) is 5.32 Å². The number of nitrogens with one attached hydrogen (secondary N) is 1. The fourth-order valence-corrected chi connectivity index (χ4v) is 2.82. The summed E-state index contributed by atoms with van der Waals surface area (Å²) in [6, 6.07) is 3.64. The number of amides is 1. The fourth-order valence-electron chi connectivity index (χ4n) is 2.82. The largest absolute Gasteiger partial charge is 0.444 e. The lowest BCUT2D eigenvalue weighted by Gasteiger charge is -2.37. The van der Waals surface area contributed by atoms with Crippen molar-refractivity contribution in [2.45, 2.75) is 57.6 Å². The van der Waals surface area contributed by atoms with Gasteiger partial charge >= 0.3 is 6.09 Å². The first-order valence-corrected chi connectivity index (χ1v) is 7.65. The van der Waals surface area contributed by atoms with E-state index in [1.165, 1.54) is 12.1 Å². The summed E-state index contributed by atoms with van der Waals surface area (Å²) in [7, 11) is 0. The van der Waals surface area contributed by atoms with E-state index in [-0.39, 0.29) is 24.2 Å². The van der Waals surface area contributed by atoms with Crippen LogP contribution in [0.5, 0.6) is 0 Å². The van der Waals surface area contributed by atoms with Crippen LogP contribution < -0.4 is 5.32 Å². The molecule has 1 aliphatic carbocycles. The molecule has 0 bridgehead atoms. The summed E-state index contributed by atoms with van der Waals surface area (Å²) in [6.07, 6.45) is 0.874. The lowest BCUT2D eigenvalue weighted by molar-refractivity contribution is -0.128. The third-order valence-electron chi connectivity index (χ3n) is 3.81. The predicted molar refractivity (Wildman–Crippen MR) is 80.9 cm³/mol. The molecule has 6 heteroatoms. The van der Waals surface area contributed by atoms with Crippen LogP contribution in [0.3, 0.4) is 0 Å². The van der Waals surface area contributed by atoms with Crippen molar-refractivity contribution in [2.75, 3.05) is 0 Å². The number of alkyl carbamates (subject to hydrolysis) is 1. The quantitative estimate of drug-likeness (QED) is 0.899. The Morgan fingerprint density at radius 2 is 1.96 bits per heavy atom. The Labute approximate surface area is 134 Å². The van der Waals surface area contributed by atoms with Gasteiger partial charge in [0.25, 0.3) is 0 Å². The second kappa shape index (κ2) is 6.26.